The Hall–Kier alpha value is -1.32. The van der Waals surface area contributed by atoms with Gasteiger partial charge in [0.1, 0.15) is 0 Å². The van der Waals surface area contributed by atoms with Crippen molar-refractivity contribution in [2.24, 2.45) is 4.99 Å². The van der Waals surface area contributed by atoms with Gasteiger partial charge in [-0.15, -0.1) is 0 Å². The minimum atomic E-state index is -3.67. The summed E-state index contributed by atoms with van der Waals surface area (Å²) in [4.78, 5) is 15.8. The molecule has 0 radical (unpaired) electrons. The Bertz CT molecular complexity index is 591. The number of furan rings is 1. The molecule has 0 spiro atoms. The Morgan fingerprint density at radius 3 is 2.89 bits per heavy atom. The van der Waals surface area contributed by atoms with Crippen molar-refractivity contribution in [1.82, 2.24) is 10.0 Å². The lowest BCUT2D eigenvalue weighted by molar-refractivity contribution is 0.0945. The maximum atomic E-state index is 11.7. The second-order valence-electron chi connectivity index (χ2n) is 3.32. The highest BCUT2D eigenvalue weighted by molar-refractivity contribution is 8.14. The summed E-state index contributed by atoms with van der Waals surface area (Å²) in [7, 11) is -2.40. The van der Waals surface area contributed by atoms with Crippen molar-refractivity contribution in [2.75, 3.05) is 19.3 Å². The van der Waals surface area contributed by atoms with Gasteiger partial charge in [-0.05, 0) is 19.2 Å². The Kier molecular flexibility index (Phi) is 3.73. The van der Waals surface area contributed by atoms with Gasteiger partial charge in [-0.2, -0.15) is 0 Å². The molecule has 0 saturated carbocycles. The van der Waals surface area contributed by atoms with E-state index in [-0.39, 0.29) is 10.9 Å². The lowest BCUT2D eigenvalue weighted by Gasteiger charge is -2.00. The first kappa shape index (κ1) is 13.1. The van der Waals surface area contributed by atoms with E-state index in [1.807, 2.05) is 0 Å². The summed E-state index contributed by atoms with van der Waals surface area (Å²) in [6, 6.07) is 2.53. The molecule has 0 fully saturated rings. The molecule has 1 aromatic heterocycles. The van der Waals surface area contributed by atoms with Crippen LogP contribution in [-0.2, 0) is 10.0 Å². The Labute approximate surface area is 108 Å². The third-order valence-corrected chi connectivity index (χ3v) is 4.32. The van der Waals surface area contributed by atoms with Gasteiger partial charge in [0, 0.05) is 5.75 Å². The fourth-order valence-corrected chi connectivity index (χ4v) is 2.63. The molecule has 9 heteroatoms. The summed E-state index contributed by atoms with van der Waals surface area (Å²) in [5, 5.41) is 2.77. The van der Waals surface area contributed by atoms with Crippen LogP contribution in [0, 0.1) is 0 Å². The molecule has 18 heavy (non-hydrogen) atoms. The highest BCUT2D eigenvalue weighted by atomic mass is 32.2. The van der Waals surface area contributed by atoms with Gasteiger partial charge in [-0.25, -0.2) is 13.1 Å². The van der Waals surface area contributed by atoms with Crippen molar-refractivity contribution in [2.45, 2.75) is 5.09 Å². The number of amidine groups is 1. The maximum Gasteiger partial charge on any atom is 0.292 e. The molecule has 0 bridgehead atoms. The SMILES string of the molecule is CNS(=O)(=O)c1ccc(C(=O)NC2=NCCS2)o1. The van der Waals surface area contributed by atoms with E-state index in [9.17, 15) is 13.2 Å². The van der Waals surface area contributed by atoms with Gasteiger partial charge in [-0.1, -0.05) is 11.8 Å². The van der Waals surface area contributed by atoms with Crippen LogP contribution in [0.1, 0.15) is 10.6 Å². The predicted octanol–water partition coefficient (Wildman–Crippen LogP) is 0.0203. The normalized spacial score (nSPS) is 15.5. The average Bonchev–Trinajstić information content (AvgIpc) is 2.99. The molecule has 0 unspecified atom stereocenters. The number of thioether (sulfide) groups is 1. The minimum Gasteiger partial charge on any atom is -0.438 e. The van der Waals surface area contributed by atoms with Crippen LogP contribution in [0.15, 0.2) is 26.6 Å². The number of sulfonamides is 1. The molecule has 98 valence electrons. The minimum absolute atomic E-state index is 0.0703. The fourth-order valence-electron chi connectivity index (χ4n) is 1.26. The number of carbonyl (C=O) groups excluding carboxylic acids is 1. The Morgan fingerprint density at radius 2 is 2.28 bits per heavy atom. The van der Waals surface area contributed by atoms with Crippen LogP contribution in [0.4, 0.5) is 0 Å². The number of hydrogen-bond donors (Lipinski definition) is 2. The van der Waals surface area contributed by atoms with E-state index in [4.69, 9.17) is 4.42 Å². The number of nitrogens with zero attached hydrogens (tertiary/aromatic N) is 1. The molecule has 1 aromatic rings. The molecule has 0 aromatic carbocycles. The number of amides is 1. The molecule has 0 aliphatic carbocycles. The summed E-state index contributed by atoms with van der Waals surface area (Å²) in [6.45, 7) is 0.665. The maximum absolute atomic E-state index is 11.7. The summed E-state index contributed by atoms with van der Waals surface area (Å²) in [5.41, 5.74) is 0. The largest absolute Gasteiger partial charge is 0.438 e. The van der Waals surface area contributed by atoms with Crippen molar-refractivity contribution < 1.29 is 17.6 Å². The van der Waals surface area contributed by atoms with Crippen LogP contribution in [0.2, 0.25) is 0 Å². The number of carbonyl (C=O) groups is 1. The summed E-state index contributed by atoms with van der Waals surface area (Å²) >= 11 is 1.43. The molecular weight excluding hydrogens is 278 g/mol. The Morgan fingerprint density at radius 1 is 1.50 bits per heavy atom. The van der Waals surface area contributed by atoms with E-state index in [1.165, 1.54) is 30.9 Å². The molecule has 1 aliphatic rings. The number of hydrogen-bond acceptors (Lipinski definition) is 6. The summed E-state index contributed by atoms with van der Waals surface area (Å²) in [6.07, 6.45) is 0. The highest BCUT2D eigenvalue weighted by Crippen LogP contribution is 2.14. The zero-order valence-electron chi connectivity index (χ0n) is 9.47. The summed E-state index contributed by atoms with van der Waals surface area (Å²) in [5.74, 6) is 0.243. The van der Waals surface area contributed by atoms with Gasteiger partial charge in [0.15, 0.2) is 10.9 Å². The highest BCUT2D eigenvalue weighted by Gasteiger charge is 2.20. The van der Waals surface area contributed by atoms with Gasteiger partial charge in [0.25, 0.3) is 15.9 Å². The van der Waals surface area contributed by atoms with Crippen molar-refractivity contribution in [3.63, 3.8) is 0 Å². The third-order valence-electron chi connectivity index (χ3n) is 2.14. The van der Waals surface area contributed by atoms with E-state index in [2.05, 4.69) is 15.0 Å². The zero-order valence-corrected chi connectivity index (χ0v) is 11.1. The number of nitrogens with one attached hydrogen (secondary N) is 2. The molecule has 0 saturated heterocycles. The first-order chi connectivity index (χ1) is 8.53. The lowest BCUT2D eigenvalue weighted by Crippen LogP contribution is -2.27. The number of aliphatic imine (C=N–C) groups is 1. The van der Waals surface area contributed by atoms with E-state index in [0.717, 1.165) is 5.75 Å². The smallest absolute Gasteiger partial charge is 0.292 e. The first-order valence-electron chi connectivity index (χ1n) is 5.05. The van der Waals surface area contributed by atoms with Crippen LogP contribution in [0.3, 0.4) is 0 Å². The zero-order chi connectivity index (χ0) is 13.2. The van der Waals surface area contributed by atoms with Gasteiger partial charge in [0.05, 0.1) is 6.54 Å². The van der Waals surface area contributed by atoms with Gasteiger partial charge < -0.3 is 4.42 Å². The molecule has 2 rings (SSSR count). The van der Waals surface area contributed by atoms with E-state index in [1.54, 1.807) is 0 Å². The first-order valence-corrected chi connectivity index (χ1v) is 7.52. The molecule has 2 N–H and O–H groups in total. The van der Waals surface area contributed by atoms with Crippen LogP contribution in [0.25, 0.3) is 0 Å². The monoisotopic (exact) mass is 289 g/mol. The molecule has 0 atom stereocenters. The van der Waals surface area contributed by atoms with Crippen molar-refractivity contribution in [3.8, 4) is 0 Å². The molecule has 1 amide bonds. The standard InChI is InChI=1S/C9H11N3O4S2/c1-10-18(14,15)7-3-2-6(16-7)8(13)12-9-11-4-5-17-9/h2-3,10H,4-5H2,1H3,(H,11,12,13). The Balaban J connectivity index is 2.12. The van der Waals surface area contributed by atoms with Crippen LogP contribution < -0.4 is 10.0 Å². The molecule has 7 nitrogen and oxygen atoms in total. The van der Waals surface area contributed by atoms with Gasteiger partial charge in [0.2, 0.25) is 5.09 Å². The molecule has 2 heterocycles. The third kappa shape index (κ3) is 2.74. The second kappa shape index (κ2) is 5.12. The van der Waals surface area contributed by atoms with Crippen molar-refractivity contribution in [3.05, 3.63) is 17.9 Å². The van der Waals surface area contributed by atoms with E-state index in [0.29, 0.717) is 11.7 Å². The fraction of sp³-hybridized carbons (Fsp3) is 0.333. The average molecular weight is 289 g/mol. The molecular formula is C9H11N3O4S2. The van der Waals surface area contributed by atoms with Crippen molar-refractivity contribution >= 4 is 32.9 Å². The predicted molar refractivity (Wildman–Crippen MR) is 67.2 cm³/mol. The summed E-state index contributed by atoms with van der Waals surface area (Å²) < 4.78 is 29.9. The second-order valence-corrected chi connectivity index (χ2v) is 6.22. The van der Waals surface area contributed by atoms with Gasteiger partial charge in [-0.3, -0.25) is 15.1 Å². The van der Waals surface area contributed by atoms with Gasteiger partial charge >= 0.3 is 0 Å². The topological polar surface area (TPSA) is 101 Å². The van der Waals surface area contributed by atoms with E-state index < -0.39 is 15.9 Å². The van der Waals surface area contributed by atoms with E-state index >= 15 is 0 Å². The molecule has 1 aliphatic heterocycles. The lowest BCUT2D eigenvalue weighted by atomic mass is 10.4. The quantitative estimate of drug-likeness (QED) is 0.817. The van der Waals surface area contributed by atoms with Crippen LogP contribution in [0.5, 0.6) is 0 Å². The van der Waals surface area contributed by atoms with Crippen LogP contribution >= 0.6 is 11.8 Å². The van der Waals surface area contributed by atoms with Crippen LogP contribution in [-0.4, -0.2) is 38.8 Å². The number of rotatable bonds is 3. The van der Waals surface area contributed by atoms with Crippen molar-refractivity contribution in [1.29, 1.82) is 0 Å².